The van der Waals surface area contributed by atoms with Crippen LogP contribution in [0.15, 0.2) is 18.2 Å². The van der Waals surface area contributed by atoms with Gasteiger partial charge in [0.2, 0.25) is 0 Å². The number of aryl methyl sites for hydroxylation is 1. The first-order chi connectivity index (χ1) is 8.65. The highest BCUT2D eigenvalue weighted by Gasteiger charge is 2.26. The molecule has 3 rings (SSSR count). The third kappa shape index (κ3) is 2.02. The van der Waals surface area contributed by atoms with E-state index in [2.05, 4.69) is 42.1 Å². The van der Waals surface area contributed by atoms with Crippen molar-refractivity contribution in [3.05, 3.63) is 29.3 Å². The minimum absolute atomic E-state index is 0.354. The molecule has 0 saturated carbocycles. The molecule has 1 saturated heterocycles. The summed E-state index contributed by atoms with van der Waals surface area (Å²) in [6, 6.07) is 7.95. The number of fused-ring (bicyclic) bond motifs is 1. The molecule has 1 unspecified atom stereocenters. The summed E-state index contributed by atoms with van der Waals surface area (Å²) in [7, 11) is 4.35. The summed E-state index contributed by atoms with van der Waals surface area (Å²) in [5, 5.41) is 0. The molecule has 1 aliphatic carbocycles. The van der Waals surface area contributed by atoms with E-state index in [-0.39, 0.29) is 0 Å². The molecule has 1 aromatic carbocycles. The molecule has 0 bridgehead atoms. The van der Waals surface area contributed by atoms with Crippen LogP contribution in [0.1, 0.15) is 30.0 Å². The Kier molecular flexibility index (Phi) is 3.04. The van der Waals surface area contributed by atoms with Crippen molar-refractivity contribution in [1.82, 2.24) is 4.90 Å². The van der Waals surface area contributed by atoms with E-state index < -0.39 is 0 Å². The van der Waals surface area contributed by atoms with Crippen molar-refractivity contribution in [2.45, 2.75) is 31.3 Å². The predicted molar refractivity (Wildman–Crippen MR) is 76.0 cm³/mol. The van der Waals surface area contributed by atoms with Gasteiger partial charge in [0.05, 0.1) is 0 Å². The van der Waals surface area contributed by atoms with E-state index in [9.17, 15) is 0 Å². The van der Waals surface area contributed by atoms with Gasteiger partial charge in [0.1, 0.15) is 0 Å². The van der Waals surface area contributed by atoms with Crippen LogP contribution >= 0.6 is 0 Å². The second kappa shape index (κ2) is 4.56. The first-order valence-corrected chi connectivity index (χ1v) is 6.95. The van der Waals surface area contributed by atoms with Crippen molar-refractivity contribution < 1.29 is 0 Å². The Morgan fingerprint density at radius 2 is 2.11 bits per heavy atom. The zero-order valence-electron chi connectivity index (χ0n) is 11.4. The van der Waals surface area contributed by atoms with Gasteiger partial charge in [-0.1, -0.05) is 6.07 Å². The summed E-state index contributed by atoms with van der Waals surface area (Å²) in [6.07, 6.45) is 3.59. The number of nitrogens with two attached hydrogens (primary N) is 1. The second-order valence-electron chi connectivity index (χ2n) is 5.90. The third-order valence-corrected chi connectivity index (χ3v) is 4.39. The lowest BCUT2D eigenvalue weighted by Crippen LogP contribution is -2.26. The maximum atomic E-state index is 5.99. The molecule has 2 atom stereocenters. The van der Waals surface area contributed by atoms with E-state index in [4.69, 9.17) is 5.73 Å². The maximum Gasteiger partial charge on any atom is 0.0369 e. The van der Waals surface area contributed by atoms with Crippen LogP contribution in [0, 0.1) is 0 Å². The monoisotopic (exact) mass is 245 g/mol. The molecule has 2 aliphatic rings. The van der Waals surface area contributed by atoms with Gasteiger partial charge in [-0.15, -0.1) is 0 Å². The SMILES string of the molecule is CN(C)C1CCc2cc(N3CC[C@H](N)C3)ccc21. The molecule has 2 N–H and O–H groups in total. The molecule has 0 aromatic heterocycles. The molecule has 1 fully saturated rings. The van der Waals surface area contributed by atoms with Gasteiger partial charge in [0.25, 0.3) is 0 Å². The molecule has 1 aliphatic heterocycles. The van der Waals surface area contributed by atoms with E-state index in [0.717, 1.165) is 19.5 Å². The van der Waals surface area contributed by atoms with Gasteiger partial charge in [-0.2, -0.15) is 0 Å². The fourth-order valence-electron chi connectivity index (χ4n) is 3.34. The van der Waals surface area contributed by atoms with Crippen LogP contribution in [-0.4, -0.2) is 38.1 Å². The third-order valence-electron chi connectivity index (χ3n) is 4.39. The minimum atomic E-state index is 0.354. The Hall–Kier alpha value is -1.06. The van der Waals surface area contributed by atoms with E-state index in [1.807, 2.05) is 0 Å². The summed E-state index contributed by atoms with van der Waals surface area (Å²) in [5.74, 6) is 0. The van der Waals surface area contributed by atoms with Crippen molar-refractivity contribution in [3.8, 4) is 0 Å². The van der Waals surface area contributed by atoms with E-state index in [0.29, 0.717) is 12.1 Å². The van der Waals surface area contributed by atoms with Gasteiger partial charge in [-0.3, -0.25) is 0 Å². The number of hydrogen-bond donors (Lipinski definition) is 1. The van der Waals surface area contributed by atoms with Crippen LogP contribution in [-0.2, 0) is 6.42 Å². The molecule has 0 spiro atoms. The van der Waals surface area contributed by atoms with Crippen molar-refractivity contribution in [2.24, 2.45) is 5.73 Å². The zero-order valence-corrected chi connectivity index (χ0v) is 11.4. The molecule has 3 heteroatoms. The van der Waals surface area contributed by atoms with Crippen LogP contribution in [0.5, 0.6) is 0 Å². The van der Waals surface area contributed by atoms with Crippen LogP contribution in [0.3, 0.4) is 0 Å². The van der Waals surface area contributed by atoms with Gasteiger partial charge < -0.3 is 15.5 Å². The molecule has 0 radical (unpaired) electrons. The second-order valence-corrected chi connectivity index (χ2v) is 5.90. The predicted octanol–water partition coefficient (Wildman–Crippen LogP) is 1.77. The Balaban J connectivity index is 1.84. The number of hydrogen-bond acceptors (Lipinski definition) is 3. The van der Waals surface area contributed by atoms with Crippen molar-refractivity contribution >= 4 is 5.69 Å². The molecule has 1 heterocycles. The minimum Gasteiger partial charge on any atom is -0.370 e. The molecular formula is C15H23N3. The normalized spacial score (nSPS) is 27.0. The van der Waals surface area contributed by atoms with Crippen LogP contribution < -0.4 is 10.6 Å². The smallest absolute Gasteiger partial charge is 0.0369 e. The summed E-state index contributed by atoms with van der Waals surface area (Å²) in [5.41, 5.74) is 10.4. The van der Waals surface area contributed by atoms with E-state index >= 15 is 0 Å². The van der Waals surface area contributed by atoms with Gasteiger partial charge in [0.15, 0.2) is 0 Å². The van der Waals surface area contributed by atoms with Gasteiger partial charge in [0, 0.05) is 30.9 Å². The van der Waals surface area contributed by atoms with Crippen LogP contribution in [0.2, 0.25) is 0 Å². The largest absolute Gasteiger partial charge is 0.370 e. The quantitative estimate of drug-likeness (QED) is 0.862. The van der Waals surface area contributed by atoms with Crippen LogP contribution in [0.4, 0.5) is 5.69 Å². The van der Waals surface area contributed by atoms with E-state index in [1.54, 1.807) is 0 Å². The molecule has 98 valence electrons. The summed E-state index contributed by atoms with van der Waals surface area (Å²) in [4.78, 5) is 4.76. The highest BCUT2D eigenvalue weighted by molar-refractivity contribution is 5.54. The van der Waals surface area contributed by atoms with Crippen LogP contribution in [0.25, 0.3) is 0 Å². The van der Waals surface area contributed by atoms with Crippen molar-refractivity contribution in [1.29, 1.82) is 0 Å². The van der Waals surface area contributed by atoms with E-state index in [1.165, 1.54) is 29.7 Å². The summed E-state index contributed by atoms with van der Waals surface area (Å²) in [6.45, 7) is 2.12. The lowest BCUT2D eigenvalue weighted by atomic mass is 10.1. The zero-order chi connectivity index (χ0) is 12.7. The number of nitrogens with zero attached hydrogens (tertiary/aromatic N) is 2. The highest BCUT2D eigenvalue weighted by Crippen LogP contribution is 2.36. The first-order valence-electron chi connectivity index (χ1n) is 6.95. The van der Waals surface area contributed by atoms with Crippen molar-refractivity contribution in [2.75, 3.05) is 32.1 Å². The Labute approximate surface area is 110 Å². The average Bonchev–Trinajstić information content (AvgIpc) is 2.93. The number of anilines is 1. The number of benzene rings is 1. The maximum absolute atomic E-state index is 5.99. The first kappa shape index (κ1) is 12.0. The Bertz CT molecular complexity index is 441. The lowest BCUT2D eigenvalue weighted by molar-refractivity contribution is 0.299. The van der Waals surface area contributed by atoms with Gasteiger partial charge >= 0.3 is 0 Å². The Morgan fingerprint density at radius 1 is 1.28 bits per heavy atom. The molecule has 3 nitrogen and oxygen atoms in total. The Morgan fingerprint density at radius 3 is 2.78 bits per heavy atom. The topological polar surface area (TPSA) is 32.5 Å². The average molecular weight is 245 g/mol. The number of rotatable bonds is 2. The standard InChI is InChI=1S/C15H23N3/c1-17(2)15-6-3-11-9-13(4-5-14(11)15)18-8-7-12(16)10-18/h4-5,9,12,15H,3,6-8,10,16H2,1-2H3/t12-,15?/m0/s1. The van der Waals surface area contributed by atoms with Gasteiger partial charge in [-0.25, -0.2) is 0 Å². The summed E-state index contributed by atoms with van der Waals surface area (Å²) >= 11 is 0. The highest BCUT2D eigenvalue weighted by atomic mass is 15.2. The summed E-state index contributed by atoms with van der Waals surface area (Å²) < 4.78 is 0. The molecule has 0 amide bonds. The lowest BCUT2D eigenvalue weighted by Gasteiger charge is -2.22. The molecule has 18 heavy (non-hydrogen) atoms. The van der Waals surface area contributed by atoms with Crippen molar-refractivity contribution in [3.63, 3.8) is 0 Å². The molecule has 1 aromatic rings. The van der Waals surface area contributed by atoms with Gasteiger partial charge in [-0.05, 0) is 56.6 Å². The fraction of sp³-hybridized carbons (Fsp3) is 0.600. The fourth-order valence-corrected chi connectivity index (χ4v) is 3.34. The molecular weight excluding hydrogens is 222 g/mol.